The molecule has 5 nitrogen and oxygen atoms in total. The van der Waals surface area contributed by atoms with Crippen molar-refractivity contribution >= 4 is 59.5 Å². The van der Waals surface area contributed by atoms with Crippen LogP contribution >= 0.6 is 0 Å². The summed E-state index contributed by atoms with van der Waals surface area (Å²) < 4.78 is 8.80. The Labute approximate surface area is 288 Å². The fourth-order valence-corrected chi connectivity index (χ4v) is 9.02. The van der Waals surface area contributed by atoms with E-state index < -0.39 is 16.1 Å². The van der Waals surface area contributed by atoms with Crippen LogP contribution in [0.1, 0.15) is 0 Å². The van der Waals surface area contributed by atoms with E-state index in [9.17, 15) is 5.11 Å². The Balaban J connectivity index is 1.50. The summed E-state index contributed by atoms with van der Waals surface area (Å²) in [7, 11) is -3.44. The number of para-hydroxylation sites is 3. The van der Waals surface area contributed by atoms with Crippen molar-refractivity contribution in [3.05, 3.63) is 121 Å². The van der Waals surface area contributed by atoms with Crippen LogP contribution in [0.2, 0.25) is 39.3 Å². The Morgan fingerprint density at radius 2 is 1.35 bits per heavy atom. The normalized spacial score (nSPS) is 12.4. The SMILES string of the molecule is C[Si](C)(C)c1ccnc(-c2cc(-c3cc([Si](C)(C)C)cc4c3nc(-c3ccccc3O)n4-c3ccccc3)cc3c2oc2ccccc23)c1. The van der Waals surface area contributed by atoms with Gasteiger partial charge in [-0.15, -0.1) is 0 Å². The van der Waals surface area contributed by atoms with Gasteiger partial charge in [-0.3, -0.25) is 9.55 Å². The molecule has 0 aliphatic carbocycles. The van der Waals surface area contributed by atoms with Crippen molar-refractivity contribution in [2.45, 2.75) is 39.3 Å². The van der Waals surface area contributed by atoms with E-state index in [0.717, 1.165) is 61.0 Å². The van der Waals surface area contributed by atoms with Gasteiger partial charge in [0, 0.05) is 33.8 Å². The molecule has 8 aromatic rings. The number of rotatable bonds is 6. The first-order chi connectivity index (χ1) is 23.5. The topological polar surface area (TPSA) is 64.1 Å². The number of aromatic hydroxyl groups is 1. The van der Waals surface area contributed by atoms with E-state index in [4.69, 9.17) is 14.4 Å². The molecule has 0 aliphatic heterocycles. The number of pyridine rings is 1. The summed E-state index contributed by atoms with van der Waals surface area (Å²) in [4.78, 5) is 10.3. The van der Waals surface area contributed by atoms with E-state index in [2.05, 4.69) is 105 Å². The number of hydrogen-bond acceptors (Lipinski definition) is 4. The first kappa shape index (κ1) is 31.0. The monoisotopic (exact) mass is 673 g/mol. The second-order valence-electron chi connectivity index (χ2n) is 14.9. The molecule has 1 N–H and O–H groups in total. The van der Waals surface area contributed by atoms with Crippen LogP contribution in [0.3, 0.4) is 0 Å². The fourth-order valence-electron chi connectivity index (χ4n) is 6.73. The molecule has 5 aromatic carbocycles. The highest BCUT2D eigenvalue weighted by Gasteiger charge is 2.26. The van der Waals surface area contributed by atoms with Gasteiger partial charge in [0.25, 0.3) is 0 Å². The van der Waals surface area contributed by atoms with E-state index in [-0.39, 0.29) is 5.75 Å². The van der Waals surface area contributed by atoms with Crippen molar-refractivity contribution in [3.8, 4) is 45.2 Å². The van der Waals surface area contributed by atoms with E-state index >= 15 is 0 Å². The molecule has 0 unspecified atom stereocenters. The standard InChI is InChI=1S/C42H39N3O2Si2/c1-48(2,3)29-20-21-43-36(25-29)35-23-27(22-34-31-16-11-13-19-39(31)47-41(34)35)33-24-30(49(4,5)6)26-37-40(33)44-42(32-17-10-12-18-38(32)46)45(37)28-14-8-7-9-15-28/h7-26,46H,1-6H3. The predicted molar refractivity (Wildman–Crippen MR) is 210 cm³/mol. The van der Waals surface area contributed by atoms with Gasteiger partial charge in [-0.05, 0) is 66.2 Å². The zero-order valence-corrected chi connectivity index (χ0v) is 30.7. The summed E-state index contributed by atoms with van der Waals surface area (Å²) in [6.45, 7) is 14.2. The first-order valence-electron chi connectivity index (χ1n) is 16.8. The Kier molecular flexibility index (Phi) is 7.24. The number of fused-ring (bicyclic) bond motifs is 4. The van der Waals surface area contributed by atoms with Crippen LogP contribution in [0.4, 0.5) is 0 Å². The van der Waals surface area contributed by atoms with Gasteiger partial charge in [-0.25, -0.2) is 4.98 Å². The molecule has 242 valence electrons. The average molecular weight is 674 g/mol. The molecule has 3 aromatic heterocycles. The summed E-state index contributed by atoms with van der Waals surface area (Å²) in [5.74, 6) is 0.900. The maximum absolute atomic E-state index is 11.1. The third-order valence-corrected chi connectivity index (χ3v) is 13.5. The van der Waals surface area contributed by atoms with Gasteiger partial charge in [0.05, 0.1) is 38.4 Å². The van der Waals surface area contributed by atoms with Crippen molar-refractivity contribution in [1.29, 1.82) is 0 Å². The van der Waals surface area contributed by atoms with Gasteiger partial charge in [0.15, 0.2) is 0 Å². The van der Waals surface area contributed by atoms with Gasteiger partial charge in [-0.1, -0.05) is 104 Å². The third kappa shape index (κ3) is 5.39. The maximum atomic E-state index is 11.1. The van der Waals surface area contributed by atoms with Crippen molar-refractivity contribution in [2.24, 2.45) is 0 Å². The highest BCUT2D eigenvalue weighted by Crippen LogP contribution is 2.42. The van der Waals surface area contributed by atoms with E-state index in [1.54, 1.807) is 6.07 Å². The van der Waals surface area contributed by atoms with E-state index in [0.29, 0.717) is 11.4 Å². The number of phenolic OH excluding ortho intramolecular Hbond substituents is 1. The van der Waals surface area contributed by atoms with Gasteiger partial charge in [0.1, 0.15) is 22.7 Å². The molecule has 7 heteroatoms. The van der Waals surface area contributed by atoms with Crippen LogP contribution in [0.15, 0.2) is 126 Å². The number of hydrogen-bond donors (Lipinski definition) is 1. The number of imidazole rings is 1. The molecule has 0 amide bonds. The summed E-state index contributed by atoms with van der Waals surface area (Å²) in [5, 5.41) is 15.9. The number of furan rings is 1. The number of phenols is 1. The predicted octanol–water partition coefficient (Wildman–Crippen LogP) is 10.1. The van der Waals surface area contributed by atoms with E-state index in [1.807, 2.05) is 54.7 Å². The largest absolute Gasteiger partial charge is 0.507 e. The maximum Gasteiger partial charge on any atom is 0.149 e. The van der Waals surface area contributed by atoms with Gasteiger partial charge < -0.3 is 9.52 Å². The Morgan fingerprint density at radius 3 is 2.10 bits per heavy atom. The summed E-state index contributed by atoms with van der Waals surface area (Å²) >= 11 is 0. The smallest absolute Gasteiger partial charge is 0.149 e. The molecule has 8 rings (SSSR count). The summed E-state index contributed by atoms with van der Waals surface area (Å²) in [6.07, 6.45) is 1.94. The zero-order valence-electron chi connectivity index (χ0n) is 28.7. The van der Waals surface area contributed by atoms with Gasteiger partial charge in [-0.2, -0.15) is 0 Å². The van der Waals surface area contributed by atoms with Crippen LogP contribution in [0, 0.1) is 0 Å². The first-order valence-corrected chi connectivity index (χ1v) is 23.8. The van der Waals surface area contributed by atoms with Gasteiger partial charge >= 0.3 is 0 Å². The summed E-state index contributed by atoms with van der Waals surface area (Å²) in [5.41, 5.74) is 9.26. The molecule has 49 heavy (non-hydrogen) atoms. The molecule has 0 saturated heterocycles. The Hall–Kier alpha value is -5.25. The molecule has 0 spiro atoms. The molecule has 0 bridgehead atoms. The zero-order chi connectivity index (χ0) is 34.1. The molecular weight excluding hydrogens is 635 g/mol. The van der Waals surface area contributed by atoms with Crippen LogP contribution < -0.4 is 10.4 Å². The minimum Gasteiger partial charge on any atom is -0.507 e. The molecule has 0 radical (unpaired) electrons. The molecule has 0 fully saturated rings. The van der Waals surface area contributed by atoms with Crippen molar-refractivity contribution in [3.63, 3.8) is 0 Å². The Bertz CT molecular complexity index is 2540. The van der Waals surface area contributed by atoms with Crippen LogP contribution in [-0.2, 0) is 0 Å². The minimum absolute atomic E-state index is 0.198. The van der Waals surface area contributed by atoms with Crippen molar-refractivity contribution in [2.75, 3.05) is 0 Å². The van der Waals surface area contributed by atoms with Gasteiger partial charge in [0.2, 0.25) is 0 Å². The average Bonchev–Trinajstić information content (AvgIpc) is 3.66. The number of nitrogens with zero attached hydrogens (tertiary/aromatic N) is 3. The van der Waals surface area contributed by atoms with Crippen molar-refractivity contribution in [1.82, 2.24) is 14.5 Å². The second kappa shape index (κ2) is 11.4. The molecular formula is C42H39N3O2Si2. The van der Waals surface area contributed by atoms with Crippen LogP contribution in [0.5, 0.6) is 5.75 Å². The minimum atomic E-state index is -1.83. The lowest BCUT2D eigenvalue weighted by atomic mass is 9.97. The third-order valence-electron chi connectivity index (χ3n) is 9.48. The molecule has 0 aliphatic rings. The Morgan fingerprint density at radius 1 is 0.633 bits per heavy atom. The lowest BCUT2D eigenvalue weighted by Gasteiger charge is -2.20. The van der Waals surface area contributed by atoms with E-state index in [1.165, 1.54) is 10.4 Å². The van der Waals surface area contributed by atoms with Crippen LogP contribution in [-0.4, -0.2) is 35.8 Å². The molecule has 3 heterocycles. The number of benzene rings is 5. The lowest BCUT2D eigenvalue weighted by Crippen LogP contribution is -2.37. The van der Waals surface area contributed by atoms with Crippen molar-refractivity contribution < 1.29 is 9.52 Å². The quantitative estimate of drug-likeness (QED) is 0.179. The van der Waals surface area contributed by atoms with Crippen LogP contribution in [0.25, 0.3) is 72.4 Å². The number of aromatic nitrogens is 3. The highest BCUT2D eigenvalue weighted by atomic mass is 28.3. The fraction of sp³-hybridized carbons (Fsp3) is 0.143. The second-order valence-corrected chi connectivity index (χ2v) is 25.1. The lowest BCUT2D eigenvalue weighted by molar-refractivity contribution is 0.477. The highest BCUT2D eigenvalue weighted by molar-refractivity contribution is 6.89. The molecule has 0 atom stereocenters. The summed E-state index contributed by atoms with van der Waals surface area (Å²) in [6, 6.07) is 39.6. The molecule has 0 saturated carbocycles.